The highest BCUT2D eigenvalue weighted by molar-refractivity contribution is 5.19. The third-order valence-electron chi connectivity index (χ3n) is 4.32. The van der Waals surface area contributed by atoms with Crippen LogP contribution in [0, 0.1) is 0 Å². The van der Waals surface area contributed by atoms with E-state index in [0.29, 0.717) is 13.2 Å². The molecule has 1 aliphatic heterocycles. The van der Waals surface area contributed by atoms with E-state index in [9.17, 15) is 0 Å². The summed E-state index contributed by atoms with van der Waals surface area (Å²) in [5, 5.41) is 3.60. The molecule has 2 aromatic heterocycles. The molecule has 6 heteroatoms. The molecule has 0 aliphatic carbocycles. The van der Waals surface area contributed by atoms with Gasteiger partial charge in [0.15, 0.2) is 0 Å². The molecule has 2 atom stereocenters. The van der Waals surface area contributed by atoms with Crippen LogP contribution in [0.25, 0.3) is 0 Å². The maximum Gasteiger partial charge on any atom is 0.139 e. The summed E-state index contributed by atoms with van der Waals surface area (Å²) in [6.07, 6.45) is 7.78. The quantitative estimate of drug-likeness (QED) is 0.846. The van der Waals surface area contributed by atoms with Crippen molar-refractivity contribution >= 4 is 0 Å². The highest BCUT2D eigenvalue weighted by Gasteiger charge is 2.30. The first-order valence-corrected chi connectivity index (χ1v) is 8.75. The molecule has 6 nitrogen and oxygen atoms in total. The summed E-state index contributed by atoms with van der Waals surface area (Å²) < 4.78 is 13.6. The van der Waals surface area contributed by atoms with Crippen LogP contribution in [0.4, 0.5) is 0 Å². The van der Waals surface area contributed by atoms with Crippen molar-refractivity contribution in [1.29, 1.82) is 0 Å². The van der Waals surface area contributed by atoms with Crippen LogP contribution in [-0.4, -0.2) is 33.8 Å². The SMILES string of the molecule is CCOc1ccc(CN[C@H]2CCCO[C@@H]2c2nccn2CC)nc1. The van der Waals surface area contributed by atoms with Gasteiger partial charge in [0.2, 0.25) is 0 Å². The van der Waals surface area contributed by atoms with Crippen LogP contribution >= 0.6 is 0 Å². The third-order valence-corrected chi connectivity index (χ3v) is 4.32. The number of nitrogens with one attached hydrogen (secondary N) is 1. The van der Waals surface area contributed by atoms with Crippen molar-refractivity contribution in [2.24, 2.45) is 0 Å². The molecule has 3 rings (SSSR count). The average molecular weight is 330 g/mol. The number of nitrogens with zero attached hydrogens (tertiary/aromatic N) is 3. The molecule has 0 radical (unpaired) electrons. The van der Waals surface area contributed by atoms with E-state index in [0.717, 1.165) is 43.3 Å². The number of hydrogen-bond donors (Lipinski definition) is 1. The van der Waals surface area contributed by atoms with Crippen molar-refractivity contribution < 1.29 is 9.47 Å². The number of hydrogen-bond acceptors (Lipinski definition) is 5. The Hall–Kier alpha value is -1.92. The van der Waals surface area contributed by atoms with Crippen LogP contribution in [0.1, 0.15) is 44.3 Å². The number of imidazole rings is 1. The lowest BCUT2D eigenvalue weighted by Crippen LogP contribution is -2.40. The summed E-state index contributed by atoms with van der Waals surface area (Å²) in [6, 6.07) is 4.22. The van der Waals surface area contributed by atoms with Crippen LogP contribution in [0.5, 0.6) is 5.75 Å². The summed E-state index contributed by atoms with van der Waals surface area (Å²) in [5.41, 5.74) is 1.00. The highest BCUT2D eigenvalue weighted by atomic mass is 16.5. The minimum Gasteiger partial charge on any atom is -0.492 e. The molecule has 1 saturated heterocycles. The van der Waals surface area contributed by atoms with E-state index in [1.54, 1.807) is 6.20 Å². The fourth-order valence-corrected chi connectivity index (χ4v) is 3.09. The van der Waals surface area contributed by atoms with Gasteiger partial charge in [-0.1, -0.05) is 0 Å². The second-order valence-corrected chi connectivity index (χ2v) is 5.91. The summed E-state index contributed by atoms with van der Waals surface area (Å²) in [5.74, 6) is 1.82. The second-order valence-electron chi connectivity index (χ2n) is 5.91. The predicted octanol–water partition coefficient (Wildman–Crippen LogP) is 2.71. The first-order valence-electron chi connectivity index (χ1n) is 8.75. The predicted molar refractivity (Wildman–Crippen MR) is 91.9 cm³/mol. The van der Waals surface area contributed by atoms with Crippen molar-refractivity contribution in [1.82, 2.24) is 19.9 Å². The first-order chi connectivity index (χ1) is 11.8. The molecule has 0 amide bonds. The van der Waals surface area contributed by atoms with Crippen LogP contribution in [0.3, 0.4) is 0 Å². The van der Waals surface area contributed by atoms with E-state index in [-0.39, 0.29) is 12.1 Å². The van der Waals surface area contributed by atoms with E-state index in [1.165, 1.54) is 0 Å². The van der Waals surface area contributed by atoms with Gasteiger partial charge in [-0.3, -0.25) is 4.98 Å². The molecule has 0 saturated carbocycles. The Bertz CT molecular complexity index is 626. The van der Waals surface area contributed by atoms with E-state index in [4.69, 9.17) is 9.47 Å². The molecule has 0 aromatic carbocycles. The Morgan fingerprint density at radius 2 is 2.25 bits per heavy atom. The number of rotatable bonds is 7. The smallest absolute Gasteiger partial charge is 0.139 e. The van der Waals surface area contributed by atoms with Gasteiger partial charge in [0.05, 0.1) is 18.5 Å². The van der Waals surface area contributed by atoms with Gasteiger partial charge in [-0.25, -0.2) is 4.98 Å². The fraction of sp³-hybridized carbons (Fsp3) is 0.556. The zero-order valence-corrected chi connectivity index (χ0v) is 14.4. The van der Waals surface area contributed by atoms with Crippen molar-refractivity contribution in [3.05, 3.63) is 42.2 Å². The molecule has 1 fully saturated rings. The van der Waals surface area contributed by atoms with Gasteiger partial charge in [0, 0.05) is 38.1 Å². The topological polar surface area (TPSA) is 61.2 Å². The zero-order valence-electron chi connectivity index (χ0n) is 14.4. The lowest BCUT2D eigenvalue weighted by atomic mass is 10.0. The molecule has 0 bridgehead atoms. The average Bonchev–Trinajstić information content (AvgIpc) is 3.10. The Morgan fingerprint density at radius 1 is 1.33 bits per heavy atom. The molecular weight excluding hydrogens is 304 g/mol. The largest absolute Gasteiger partial charge is 0.492 e. The summed E-state index contributed by atoms with van der Waals surface area (Å²) >= 11 is 0. The number of aromatic nitrogens is 3. The van der Waals surface area contributed by atoms with Crippen molar-refractivity contribution in [3.8, 4) is 5.75 Å². The fourth-order valence-electron chi connectivity index (χ4n) is 3.09. The second kappa shape index (κ2) is 8.26. The summed E-state index contributed by atoms with van der Waals surface area (Å²) in [4.78, 5) is 8.97. The zero-order chi connectivity index (χ0) is 16.8. The van der Waals surface area contributed by atoms with E-state index in [2.05, 4.69) is 26.8 Å². The van der Waals surface area contributed by atoms with E-state index >= 15 is 0 Å². The van der Waals surface area contributed by atoms with Crippen molar-refractivity contribution in [2.75, 3.05) is 13.2 Å². The van der Waals surface area contributed by atoms with E-state index < -0.39 is 0 Å². The number of ether oxygens (including phenoxy) is 2. The minimum absolute atomic E-state index is 0.00334. The number of pyridine rings is 1. The minimum atomic E-state index is -0.00334. The Labute approximate surface area is 143 Å². The lowest BCUT2D eigenvalue weighted by Gasteiger charge is -2.32. The Balaban J connectivity index is 1.63. The maximum absolute atomic E-state index is 6.03. The summed E-state index contributed by atoms with van der Waals surface area (Å²) in [6.45, 7) is 7.16. The van der Waals surface area contributed by atoms with Gasteiger partial charge in [-0.05, 0) is 38.8 Å². The van der Waals surface area contributed by atoms with Gasteiger partial charge in [-0.15, -0.1) is 0 Å². The standard InChI is InChI=1S/C18H26N4O2/c1-3-22-10-9-19-18(22)17-16(6-5-11-24-17)21-12-14-7-8-15(13-20-14)23-4-2/h7-10,13,16-17,21H,3-6,11-12H2,1-2H3/t16-,17-/m0/s1. The molecule has 2 aromatic rings. The Morgan fingerprint density at radius 3 is 3.00 bits per heavy atom. The molecule has 1 aliphatic rings. The van der Waals surface area contributed by atoms with Gasteiger partial charge in [0.25, 0.3) is 0 Å². The third kappa shape index (κ3) is 3.94. The Kier molecular flexibility index (Phi) is 5.82. The molecule has 1 N–H and O–H groups in total. The van der Waals surface area contributed by atoms with Crippen LogP contribution in [0.15, 0.2) is 30.7 Å². The van der Waals surface area contributed by atoms with Crippen LogP contribution in [0.2, 0.25) is 0 Å². The number of aryl methyl sites for hydroxylation is 1. The highest BCUT2D eigenvalue weighted by Crippen LogP contribution is 2.27. The normalized spacial score (nSPS) is 20.9. The van der Waals surface area contributed by atoms with Crippen molar-refractivity contribution in [3.63, 3.8) is 0 Å². The molecule has 24 heavy (non-hydrogen) atoms. The van der Waals surface area contributed by atoms with Gasteiger partial charge >= 0.3 is 0 Å². The van der Waals surface area contributed by atoms with E-state index in [1.807, 2.05) is 31.5 Å². The molecule has 130 valence electrons. The summed E-state index contributed by atoms with van der Waals surface area (Å²) in [7, 11) is 0. The molecule has 0 unspecified atom stereocenters. The molecule has 3 heterocycles. The van der Waals surface area contributed by atoms with Gasteiger partial charge in [0.1, 0.15) is 17.7 Å². The lowest BCUT2D eigenvalue weighted by molar-refractivity contribution is -0.0183. The van der Waals surface area contributed by atoms with Crippen LogP contribution in [-0.2, 0) is 17.8 Å². The molecular formula is C18H26N4O2. The maximum atomic E-state index is 6.03. The van der Waals surface area contributed by atoms with Crippen LogP contribution < -0.4 is 10.1 Å². The first kappa shape index (κ1) is 16.9. The van der Waals surface area contributed by atoms with Gasteiger partial charge < -0.3 is 19.4 Å². The molecule has 0 spiro atoms. The van der Waals surface area contributed by atoms with Gasteiger partial charge in [-0.2, -0.15) is 0 Å². The van der Waals surface area contributed by atoms with Crippen molar-refractivity contribution in [2.45, 2.75) is 51.9 Å². The monoisotopic (exact) mass is 330 g/mol.